The zero-order valence-corrected chi connectivity index (χ0v) is 13.4. The van der Waals surface area contributed by atoms with E-state index in [2.05, 4.69) is 25.6 Å². The third kappa shape index (κ3) is 3.12. The molecular weight excluding hydrogens is 268 g/mol. The lowest BCUT2D eigenvalue weighted by Crippen LogP contribution is -2.25. The van der Waals surface area contributed by atoms with Crippen LogP contribution in [0.2, 0.25) is 0 Å². The topological polar surface area (TPSA) is 88.5 Å². The number of aryl methyl sites for hydroxylation is 2. The van der Waals surface area contributed by atoms with Crippen LogP contribution in [-0.2, 0) is 19.0 Å². The van der Waals surface area contributed by atoms with E-state index in [4.69, 9.17) is 0 Å². The summed E-state index contributed by atoms with van der Waals surface area (Å²) in [4.78, 5) is 16.3. The van der Waals surface area contributed by atoms with Gasteiger partial charge in [0.15, 0.2) is 0 Å². The number of H-pyrrole nitrogens is 1. The number of hydrogen-bond donors (Lipinski definition) is 2. The molecule has 2 N–H and O–H groups in total. The fourth-order valence-corrected chi connectivity index (χ4v) is 2.02. The first-order valence-electron chi connectivity index (χ1n) is 6.90. The summed E-state index contributed by atoms with van der Waals surface area (Å²) in [5, 5.41) is 14.0. The summed E-state index contributed by atoms with van der Waals surface area (Å²) in [5.74, 6) is 0.574. The van der Waals surface area contributed by atoms with Gasteiger partial charge in [-0.05, 0) is 13.8 Å². The fraction of sp³-hybridized carbons (Fsp3) is 0.571. The largest absolute Gasteiger partial charge is 0.345 e. The Morgan fingerprint density at radius 2 is 2.00 bits per heavy atom. The standard InChI is InChI=1S/C14H22N6O/c1-8-10(9(2)20(6)19-8)7-15-12(21)11-16-13(18-17-11)14(3,4)5/h7H2,1-6H3,(H,15,21)(H,16,17,18). The molecular formula is C14H22N6O. The quantitative estimate of drug-likeness (QED) is 0.894. The second-order valence-electron chi connectivity index (χ2n) is 6.21. The molecule has 0 aromatic carbocycles. The summed E-state index contributed by atoms with van der Waals surface area (Å²) in [6, 6.07) is 0. The maximum atomic E-state index is 12.1. The van der Waals surface area contributed by atoms with E-state index in [1.165, 1.54) is 0 Å². The maximum absolute atomic E-state index is 12.1. The van der Waals surface area contributed by atoms with Crippen molar-refractivity contribution in [3.05, 3.63) is 28.6 Å². The van der Waals surface area contributed by atoms with E-state index in [9.17, 15) is 4.79 Å². The zero-order chi connectivity index (χ0) is 15.8. The van der Waals surface area contributed by atoms with Gasteiger partial charge >= 0.3 is 0 Å². The SMILES string of the molecule is Cc1nn(C)c(C)c1CNC(=O)c1n[nH]c(C(C)(C)C)n1. The molecule has 0 aliphatic rings. The molecule has 0 saturated carbocycles. The summed E-state index contributed by atoms with van der Waals surface area (Å²) in [5.41, 5.74) is 2.82. The maximum Gasteiger partial charge on any atom is 0.291 e. The number of aromatic amines is 1. The molecule has 0 fully saturated rings. The lowest BCUT2D eigenvalue weighted by atomic mass is 9.96. The molecule has 114 valence electrons. The summed E-state index contributed by atoms with van der Waals surface area (Å²) < 4.78 is 1.81. The van der Waals surface area contributed by atoms with Gasteiger partial charge in [-0.15, -0.1) is 5.10 Å². The molecule has 21 heavy (non-hydrogen) atoms. The Morgan fingerprint density at radius 3 is 2.48 bits per heavy atom. The Bertz CT molecular complexity index is 662. The van der Waals surface area contributed by atoms with Crippen molar-refractivity contribution in [2.45, 2.75) is 46.6 Å². The molecule has 7 nitrogen and oxygen atoms in total. The Balaban J connectivity index is 2.07. The lowest BCUT2D eigenvalue weighted by Gasteiger charge is -2.12. The average molecular weight is 290 g/mol. The van der Waals surface area contributed by atoms with E-state index in [1.807, 2.05) is 41.7 Å². The Morgan fingerprint density at radius 1 is 1.33 bits per heavy atom. The molecule has 7 heteroatoms. The predicted octanol–water partition coefficient (Wildman–Crippen LogP) is 1.38. The van der Waals surface area contributed by atoms with E-state index in [1.54, 1.807) is 4.68 Å². The minimum atomic E-state index is -0.288. The minimum absolute atomic E-state index is 0.165. The van der Waals surface area contributed by atoms with E-state index >= 15 is 0 Å². The number of amides is 1. The van der Waals surface area contributed by atoms with Gasteiger partial charge in [-0.2, -0.15) is 5.10 Å². The number of carbonyl (C=O) groups excluding carboxylic acids is 1. The van der Waals surface area contributed by atoms with Crippen LogP contribution < -0.4 is 5.32 Å². The van der Waals surface area contributed by atoms with Crippen LogP contribution in [0.5, 0.6) is 0 Å². The first-order valence-corrected chi connectivity index (χ1v) is 6.90. The van der Waals surface area contributed by atoms with Gasteiger partial charge in [0.25, 0.3) is 5.91 Å². The molecule has 2 aromatic rings. The van der Waals surface area contributed by atoms with Gasteiger partial charge < -0.3 is 5.32 Å². The highest BCUT2D eigenvalue weighted by molar-refractivity contribution is 5.90. The second kappa shape index (κ2) is 5.31. The van der Waals surface area contributed by atoms with Gasteiger partial charge in [-0.25, -0.2) is 4.98 Å². The number of hydrogen-bond acceptors (Lipinski definition) is 4. The molecule has 0 unspecified atom stereocenters. The average Bonchev–Trinajstić information content (AvgIpc) is 2.95. The Hall–Kier alpha value is -2.18. The Kier molecular flexibility index (Phi) is 3.85. The normalized spacial score (nSPS) is 11.7. The van der Waals surface area contributed by atoms with Gasteiger partial charge in [0.2, 0.25) is 5.82 Å². The third-order valence-corrected chi connectivity index (χ3v) is 3.48. The number of aromatic nitrogens is 5. The van der Waals surface area contributed by atoms with Crippen molar-refractivity contribution >= 4 is 5.91 Å². The molecule has 0 saturated heterocycles. The van der Waals surface area contributed by atoms with Crippen LogP contribution in [0, 0.1) is 13.8 Å². The van der Waals surface area contributed by atoms with Gasteiger partial charge in [0.05, 0.1) is 5.69 Å². The van der Waals surface area contributed by atoms with Crippen molar-refractivity contribution in [3.8, 4) is 0 Å². The van der Waals surface area contributed by atoms with Crippen molar-refractivity contribution in [3.63, 3.8) is 0 Å². The molecule has 0 aliphatic heterocycles. The molecule has 0 atom stereocenters. The van der Waals surface area contributed by atoms with Crippen molar-refractivity contribution in [2.75, 3.05) is 0 Å². The molecule has 0 radical (unpaired) electrons. The molecule has 2 aromatic heterocycles. The second-order valence-corrected chi connectivity index (χ2v) is 6.21. The van der Waals surface area contributed by atoms with Gasteiger partial charge in [-0.1, -0.05) is 20.8 Å². The van der Waals surface area contributed by atoms with E-state index < -0.39 is 0 Å². The molecule has 0 bridgehead atoms. The smallest absolute Gasteiger partial charge is 0.291 e. The Labute approximate surface area is 124 Å². The lowest BCUT2D eigenvalue weighted by molar-refractivity contribution is 0.0940. The first-order chi connectivity index (χ1) is 9.70. The highest BCUT2D eigenvalue weighted by Gasteiger charge is 2.21. The number of rotatable bonds is 3. The van der Waals surface area contributed by atoms with Crippen LogP contribution in [0.1, 0.15) is 54.2 Å². The molecule has 1 amide bonds. The number of nitrogens with one attached hydrogen (secondary N) is 2. The van der Waals surface area contributed by atoms with E-state index in [0.29, 0.717) is 12.4 Å². The third-order valence-electron chi connectivity index (χ3n) is 3.48. The van der Waals surface area contributed by atoms with Gasteiger partial charge in [0, 0.05) is 30.3 Å². The van der Waals surface area contributed by atoms with Crippen LogP contribution in [0.4, 0.5) is 0 Å². The van der Waals surface area contributed by atoms with Crippen LogP contribution >= 0.6 is 0 Å². The van der Waals surface area contributed by atoms with Crippen molar-refractivity contribution < 1.29 is 4.79 Å². The van der Waals surface area contributed by atoms with Crippen LogP contribution in [0.15, 0.2) is 0 Å². The summed E-state index contributed by atoms with van der Waals surface area (Å²) >= 11 is 0. The van der Waals surface area contributed by atoms with Crippen molar-refractivity contribution in [1.29, 1.82) is 0 Å². The van der Waals surface area contributed by atoms with Gasteiger partial charge in [0.1, 0.15) is 5.82 Å². The monoisotopic (exact) mass is 290 g/mol. The van der Waals surface area contributed by atoms with Crippen molar-refractivity contribution in [2.24, 2.45) is 7.05 Å². The summed E-state index contributed by atoms with van der Waals surface area (Å²) in [7, 11) is 1.89. The zero-order valence-electron chi connectivity index (χ0n) is 13.4. The van der Waals surface area contributed by atoms with Crippen LogP contribution in [-0.4, -0.2) is 30.9 Å². The number of nitrogens with zero attached hydrogens (tertiary/aromatic N) is 4. The molecule has 0 aliphatic carbocycles. The highest BCUT2D eigenvalue weighted by atomic mass is 16.2. The molecule has 2 rings (SSSR count). The minimum Gasteiger partial charge on any atom is -0.345 e. The highest BCUT2D eigenvalue weighted by Crippen LogP contribution is 2.17. The fourth-order valence-electron chi connectivity index (χ4n) is 2.02. The summed E-state index contributed by atoms with van der Waals surface area (Å²) in [6.45, 7) is 10.4. The molecule has 0 spiro atoms. The number of carbonyl (C=O) groups is 1. The van der Waals surface area contributed by atoms with E-state index in [0.717, 1.165) is 17.0 Å². The van der Waals surface area contributed by atoms with Crippen LogP contribution in [0.3, 0.4) is 0 Å². The van der Waals surface area contributed by atoms with E-state index in [-0.39, 0.29) is 17.1 Å². The van der Waals surface area contributed by atoms with Crippen molar-refractivity contribution in [1.82, 2.24) is 30.3 Å². The first kappa shape index (κ1) is 15.2. The van der Waals surface area contributed by atoms with Gasteiger partial charge in [-0.3, -0.25) is 14.6 Å². The van der Waals surface area contributed by atoms with Crippen LogP contribution in [0.25, 0.3) is 0 Å². The predicted molar refractivity (Wildman–Crippen MR) is 78.9 cm³/mol. The summed E-state index contributed by atoms with van der Waals surface area (Å²) in [6.07, 6.45) is 0. The molecule has 2 heterocycles.